The lowest BCUT2D eigenvalue weighted by molar-refractivity contribution is 0.0523. The molecule has 0 saturated heterocycles. The summed E-state index contributed by atoms with van der Waals surface area (Å²) in [6.07, 6.45) is 0.918. The van der Waals surface area contributed by atoms with Crippen molar-refractivity contribution in [1.29, 1.82) is 0 Å². The lowest BCUT2D eigenvalue weighted by atomic mass is 9.75. The van der Waals surface area contributed by atoms with Crippen molar-refractivity contribution in [2.24, 2.45) is 5.41 Å². The van der Waals surface area contributed by atoms with Gasteiger partial charge in [-0.1, -0.05) is 13.8 Å². The minimum Gasteiger partial charge on any atom is -0.497 e. The summed E-state index contributed by atoms with van der Waals surface area (Å²) in [6, 6.07) is 8.35. The van der Waals surface area contributed by atoms with Crippen molar-refractivity contribution in [1.82, 2.24) is 4.57 Å². The van der Waals surface area contributed by atoms with Crippen molar-refractivity contribution in [3.63, 3.8) is 0 Å². The van der Waals surface area contributed by atoms with Gasteiger partial charge in [-0.15, -0.1) is 0 Å². The molecule has 0 atom stereocenters. The van der Waals surface area contributed by atoms with Crippen LogP contribution in [0.3, 0.4) is 0 Å². The molecule has 27 heavy (non-hydrogen) atoms. The summed E-state index contributed by atoms with van der Waals surface area (Å²) in [4.78, 5) is 38.2. The smallest absolute Gasteiger partial charge is 0.343 e. The highest BCUT2D eigenvalue weighted by Crippen LogP contribution is 2.35. The second-order valence-electron chi connectivity index (χ2n) is 7.42. The van der Waals surface area contributed by atoms with E-state index in [9.17, 15) is 14.4 Å². The van der Waals surface area contributed by atoms with Crippen LogP contribution >= 0.6 is 0 Å². The van der Waals surface area contributed by atoms with Crippen molar-refractivity contribution < 1.29 is 19.1 Å². The Morgan fingerprint density at radius 1 is 1.15 bits per heavy atom. The van der Waals surface area contributed by atoms with Crippen LogP contribution in [0, 0.1) is 5.41 Å². The van der Waals surface area contributed by atoms with E-state index in [1.54, 1.807) is 38.3 Å². The third kappa shape index (κ3) is 3.52. The van der Waals surface area contributed by atoms with Crippen molar-refractivity contribution in [3.05, 3.63) is 57.5 Å². The molecule has 0 amide bonds. The van der Waals surface area contributed by atoms with Crippen molar-refractivity contribution >= 4 is 11.8 Å². The van der Waals surface area contributed by atoms with Gasteiger partial charge in [-0.3, -0.25) is 14.2 Å². The fourth-order valence-corrected chi connectivity index (χ4v) is 3.47. The van der Waals surface area contributed by atoms with E-state index in [1.807, 2.05) is 13.8 Å². The summed E-state index contributed by atoms with van der Waals surface area (Å²) in [5.74, 6) is -0.141. The Hall–Kier alpha value is -2.89. The number of rotatable bonds is 4. The highest BCUT2D eigenvalue weighted by Gasteiger charge is 2.35. The number of hydrogen-bond donors (Lipinski definition) is 0. The number of benzene rings is 1. The van der Waals surface area contributed by atoms with Gasteiger partial charge in [0.05, 0.1) is 13.7 Å². The molecule has 1 heterocycles. The van der Waals surface area contributed by atoms with Crippen LogP contribution in [0.4, 0.5) is 0 Å². The first-order valence-electron chi connectivity index (χ1n) is 8.91. The zero-order chi connectivity index (χ0) is 19.8. The SMILES string of the molecule is CCOC(=O)c1cc2c(n(-c3ccc(OC)cc3)c1=O)CC(C)(C)CC2=O. The van der Waals surface area contributed by atoms with Crippen LogP contribution in [0.5, 0.6) is 5.75 Å². The van der Waals surface area contributed by atoms with E-state index in [-0.39, 0.29) is 23.4 Å². The molecule has 0 fully saturated rings. The monoisotopic (exact) mass is 369 g/mol. The molecule has 0 N–H and O–H groups in total. The maximum absolute atomic E-state index is 13.1. The molecule has 0 radical (unpaired) electrons. The molecule has 0 bridgehead atoms. The van der Waals surface area contributed by atoms with E-state index in [0.29, 0.717) is 35.5 Å². The zero-order valence-corrected chi connectivity index (χ0v) is 16.0. The number of hydrogen-bond acceptors (Lipinski definition) is 5. The Balaban J connectivity index is 2.30. The third-order valence-corrected chi connectivity index (χ3v) is 4.71. The summed E-state index contributed by atoms with van der Waals surface area (Å²) in [5, 5.41) is 0. The highest BCUT2D eigenvalue weighted by atomic mass is 16.5. The van der Waals surface area contributed by atoms with E-state index in [4.69, 9.17) is 9.47 Å². The molecule has 142 valence electrons. The molecule has 0 saturated carbocycles. The zero-order valence-electron chi connectivity index (χ0n) is 16.0. The first-order valence-corrected chi connectivity index (χ1v) is 8.91. The summed E-state index contributed by atoms with van der Waals surface area (Å²) >= 11 is 0. The molecular formula is C21H23NO5. The maximum atomic E-state index is 13.1. The summed E-state index contributed by atoms with van der Waals surface area (Å²) in [6.45, 7) is 5.82. The average Bonchev–Trinajstić information content (AvgIpc) is 2.61. The lowest BCUT2D eigenvalue weighted by Crippen LogP contribution is -2.36. The Bertz CT molecular complexity index is 954. The number of methoxy groups -OCH3 is 1. The van der Waals surface area contributed by atoms with E-state index >= 15 is 0 Å². The van der Waals surface area contributed by atoms with E-state index in [0.717, 1.165) is 0 Å². The molecule has 6 heteroatoms. The quantitative estimate of drug-likeness (QED) is 0.774. The van der Waals surface area contributed by atoms with Gasteiger partial charge < -0.3 is 9.47 Å². The first kappa shape index (κ1) is 18.9. The van der Waals surface area contributed by atoms with Crippen LogP contribution < -0.4 is 10.3 Å². The molecule has 2 aromatic rings. The normalized spacial score (nSPS) is 15.2. The summed E-state index contributed by atoms with van der Waals surface area (Å²) < 4.78 is 11.7. The second kappa shape index (κ2) is 7.02. The van der Waals surface area contributed by atoms with Gasteiger partial charge in [0, 0.05) is 23.4 Å². The topological polar surface area (TPSA) is 74.6 Å². The van der Waals surface area contributed by atoms with E-state index < -0.39 is 11.5 Å². The van der Waals surface area contributed by atoms with Gasteiger partial charge in [0.25, 0.3) is 5.56 Å². The summed E-state index contributed by atoms with van der Waals surface area (Å²) in [7, 11) is 1.56. The Morgan fingerprint density at radius 2 is 1.81 bits per heavy atom. The number of esters is 1. The second-order valence-corrected chi connectivity index (χ2v) is 7.42. The van der Waals surface area contributed by atoms with Crippen molar-refractivity contribution in [3.8, 4) is 11.4 Å². The lowest BCUT2D eigenvalue weighted by Gasteiger charge is -2.32. The van der Waals surface area contributed by atoms with Gasteiger partial charge in [0.2, 0.25) is 0 Å². The number of pyridine rings is 1. The number of ether oxygens (including phenoxy) is 2. The fraction of sp³-hybridized carbons (Fsp3) is 0.381. The van der Waals surface area contributed by atoms with Gasteiger partial charge in [-0.25, -0.2) is 4.79 Å². The van der Waals surface area contributed by atoms with Crippen LogP contribution in [-0.2, 0) is 11.2 Å². The van der Waals surface area contributed by atoms with Crippen molar-refractivity contribution in [2.45, 2.75) is 33.6 Å². The van der Waals surface area contributed by atoms with Crippen LogP contribution in [-0.4, -0.2) is 30.0 Å². The van der Waals surface area contributed by atoms with Gasteiger partial charge >= 0.3 is 5.97 Å². The molecule has 1 aliphatic carbocycles. The number of fused-ring (bicyclic) bond motifs is 1. The largest absolute Gasteiger partial charge is 0.497 e. The first-order chi connectivity index (χ1) is 12.8. The molecule has 0 aliphatic heterocycles. The predicted molar refractivity (Wildman–Crippen MR) is 101 cm³/mol. The molecule has 1 aromatic carbocycles. The van der Waals surface area contributed by atoms with Crippen LogP contribution in [0.2, 0.25) is 0 Å². The van der Waals surface area contributed by atoms with E-state index in [2.05, 4.69) is 0 Å². The average molecular weight is 369 g/mol. The van der Waals surface area contributed by atoms with Gasteiger partial charge in [0.1, 0.15) is 11.3 Å². The fourth-order valence-electron chi connectivity index (χ4n) is 3.47. The van der Waals surface area contributed by atoms with Crippen LogP contribution in [0.1, 0.15) is 53.6 Å². The standard InChI is InChI=1S/C21H23NO5/c1-5-27-20(25)16-10-15-17(11-21(2,3)12-18(15)23)22(19(16)24)13-6-8-14(26-4)9-7-13/h6-10H,5,11-12H2,1-4H3. The van der Waals surface area contributed by atoms with Crippen molar-refractivity contribution in [2.75, 3.05) is 13.7 Å². The Labute approximate surface area is 157 Å². The van der Waals surface area contributed by atoms with Gasteiger partial charge in [-0.05, 0) is 49.1 Å². The van der Waals surface area contributed by atoms with Crippen LogP contribution in [0.15, 0.2) is 35.1 Å². The Kier molecular flexibility index (Phi) is 4.91. The molecule has 0 spiro atoms. The van der Waals surface area contributed by atoms with E-state index in [1.165, 1.54) is 10.6 Å². The number of carbonyl (C=O) groups excluding carboxylic acids is 2. The number of aromatic nitrogens is 1. The molecule has 3 rings (SSSR count). The summed E-state index contributed by atoms with van der Waals surface area (Å²) in [5.41, 5.74) is 0.735. The highest BCUT2D eigenvalue weighted by molar-refractivity contribution is 6.01. The molecule has 6 nitrogen and oxygen atoms in total. The third-order valence-electron chi connectivity index (χ3n) is 4.71. The minimum atomic E-state index is -0.717. The predicted octanol–water partition coefficient (Wildman–Crippen LogP) is 3.18. The number of ketones is 1. The molecule has 1 aliphatic rings. The Morgan fingerprint density at radius 3 is 2.41 bits per heavy atom. The molecule has 0 unspecified atom stereocenters. The number of Topliss-reactive ketones (excluding diaryl/α,β-unsaturated/α-hetero) is 1. The van der Waals surface area contributed by atoms with Crippen LogP contribution in [0.25, 0.3) is 5.69 Å². The molecule has 1 aromatic heterocycles. The number of carbonyl (C=O) groups is 2. The van der Waals surface area contributed by atoms with Gasteiger partial charge in [-0.2, -0.15) is 0 Å². The maximum Gasteiger partial charge on any atom is 0.343 e. The molecular weight excluding hydrogens is 346 g/mol. The number of nitrogens with zero attached hydrogens (tertiary/aromatic N) is 1. The minimum absolute atomic E-state index is 0.0749. The van der Waals surface area contributed by atoms with Gasteiger partial charge in [0.15, 0.2) is 5.78 Å².